The number of nitrogens with one attached hydrogen (secondary N) is 1. The van der Waals surface area contributed by atoms with E-state index in [-0.39, 0.29) is 11.4 Å². The standard InChI is InChI=1S/C12H12Cl2N2O/c1-12(2)6-11(17)15-16(12)7-8-3-4-9(13)5-10(8)14/h3-5,7H,6H2,1-2H3/p+1/b16-7-. The molecular weight excluding hydrogens is 259 g/mol. The van der Waals surface area contributed by atoms with Gasteiger partial charge in [0, 0.05) is 18.9 Å². The van der Waals surface area contributed by atoms with E-state index in [0.717, 1.165) is 5.56 Å². The fraction of sp³-hybridized carbons (Fsp3) is 0.333. The number of amides is 1. The highest BCUT2D eigenvalue weighted by Crippen LogP contribution is 2.22. The highest BCUT2D eigenvalue weighted by Gasteiger charge is 2.42. The summed E-state index contributed by atoms with van der Waals surface area (Å²) in [6.07, 6.45) is 2.29. The molecule has 2 rings (SSSR count). The number of carbonyl (C=O) groups is 1. The molecule has 1 fully saturated rings. The minimum Gasteiger partial charge on any atom is -0.269 e. The van der Waals surface area contributed by atoms with E-state index in [2.05, 4.69) is 5.43 Å². The SMILES string of the molecule is CC1(C)CC(=O)N/[N+]1=C\c1ccc(Cl)cc1Cl. The number of carbonyl (C=O) groups excluding carboxylic acids is 1. The summed E-state index contributed by atoms with van der Waals surface area (Å²) in [5, 5.41) is 1.16. The lowest BCUT2D eigenvalue weighted by Crippen LogP contribution is -2.36. The highest BCUT2D eigenvalue weighted by atomic mass is 35.5. The molecule has 1 aliphatic heterocycles. The van der Waals surface area contributed by atoms with Crippen LogP contribution in [0.1, 0.15) is 25.8 Å². The Balaban J connectivity index is 2.39. The quantitative estimate of drug-likeness (QED) is 0.783. The van der Waals surface area contributed by atoms with Crippen molar-refractivity contribution in [1.29, 1.82) is 0 Å². The molecule has 1 saturated heterocycles. The summed E-state index contributed by atoms with van der Waals surface area (Å²) < 4.78 is 1.78. The maximum absolute atomic E-state index is 11.4. The van der Waals surface area contributed by atoms with Crippen molar-refractivity contribution in [2.45, 2.75) is 25.8 Å². The van der Waals surface area contributed by atoms with E-state index in [4.69, 9.17) is 23.2 Å². The third kappa shape index (κ3) is 2.61. The summed E-state index contributed by atoms with van der Waals surface area (Å²) in [4.78, 5) is 11.4. The van der Waals surface area contributed by atoms with Crippen LogP contribution in [0.4, 0.5) is 0 Å². The molecule has 1 N–H and O–H groups in total. The number of hydrogen-bond acceptors (Lipinski definition) is 1. The second-order valence-corrected chi connectivity index (χ2v) is 5.53. The van der Waals surface area contributed by atoms with Gasteiger partial charge >= 0.3 is 0 Å². The Hall–Kier alpha value is -1.06. The molecule has 90 valence electrons. The van der Waals surface area contributed by atoms with E-state index < -0.39 is 0 Å². The summed E-state index contributed by atoms with van der Waals surface area (Å²) in [6.45, 7) is 3.98. The number of hydrazine groups is 1. The average Bonchev–Trinajstić information content (AvgIpc) is 2.44. The highest BCUT2D eigenvalue weighted by molar-refractivity contribution is 6.36. The minimum absolute atomic E-state index is 0.0105. The number of hydrogen-bond donors (Lipinski definition) is 1. The number of nitrogens with zero attached hydrogens (tertiary/aromatic N) is 1. The van der Waals surface area contributed by atoms with Crippen molar-refractivity contribution >= 4 is 35.3 Å². The molecule has 17 heavy (non-hydrogen) atoms. The molecular formula is C12H13Cl2N2O+. The van der Waals surface area contributed by atoms with Crippen LogP contribution in [-0.4, -0.2) is 22.3 Å². The van der Waals surface area contributed by atoms with Crippen LogP contribution in [0.5, 0.6) is 0 Å². The molecule has 0 spiro atoms. The van der Waals surface area contributed by atoms with Gasteiger partial charge in [0.05, 0.1) is 17.0 Å². The lowest BCUT2D eigenvalue weighted by atomic mass is 10.0. The van der Waals surface area contributed by atoms with E-state index in [1.54, 1.807) is 16.8 Å². The Morgan fingerprint density at radius 2 is 2.12 bits per heavy atom. The first kappa shape index (κ1) is 12.4. The van der Waals surface area contributed by atoms with Gasteiger partial charge in [-0.25, -0.2) is 0 Å². The van der Waals surface area contributed by atoms with Crippen LogP contribution in [0.3, 0.4) is 0 Å². The predicted molar refractivity (Wildman–Crippen MR) is 68.7 cm³/mol. The largest absolute Gasteiger partial charge is 0.281 e. The second-order valence-electron chi connectivity index (χ2n) is 4.69. The lowest BCUT2D eigenvalue weighted by Gasteiger charge is -2.10. The first-order valence-electron chi connectivity index (χ1n) is 5.27. The van der Waals surface area contributed by atoms with Crippen LogP contribution >= 0.6 is 23.2 Å². The Morgan fingerprint density at radius 3 is 2.65 bits per heavy atom. The van der Waals surface area contributed by atoms with Gasteiger partial charge in [0.1, 0.15) is 0 Å². The second kappa shape index (κ2) is 4.31. The van der Waals surface area contributed by atoms with Gasteiger partial charge in [-0.2, -0.15) is 0 Å². The number of hydrazone groups is 1. The Kier molecular flexibility index (Phi) is 3.15. The fourth-order valence-electron chi connectivity index (χ4n) is 1.76. The zero-order valence-electron chi connectivity index (χ0n) is 9.63. The third-order valence-electron chi connectivity index (χ3n) is 2.72. The summed E-state index contributed by atoms with van der Waals surface area (Å²) in [5.74, 6) is 0.0105. The molecule has 0 atom stereocenters. The maximum Gasteiger partial charge on any atom is 0.281 e. The monoisotopic (exact) mass is 271 g/mol. The first-order chi connectivity index (χ1) is 7.88. The summed E-state index contributed by atoms with van der Waals surface area (Å²) in [5.41, 5.74) is 3.36. The van der Waals surface area contributed by atoms with Gasteiger partial charge in [-0.1, -0.05) is 23.2 Å². The molecule has 1 aromatic carbocycles. The Bertz CT molecular complexity index is 509. The van der Waals surface area contributed by atoms with Crippen molar-refractivity contribution < 1.29 is 9.48 Å². The van der Waals surface area contributed by atoms with Gasteiger partial charge in [0.25, 0.3) is 5.91 Å². The van der Waals surface area contributed by atoms with Crippen molar-refractivity contribution in [3.8, 4) is 0 Å². The molecule has 1 amide bonds. The van der Waals surface area contributed by atoms with Gasteiger partial charge in [-0.3, -0.25) is 4.79 Å². The van der Waals surface area contributed by atoms with Crippen molar-refractivity contribution in [1.82, 2.24) is 5.43 Å². The van der Waals surface area contributed by atoms with Crippen molar-refractivity contribution in [2.24, 2.45) is 0 Å². The molecule has 0 aliphatic carbocycles. The molecule has 0 radical (unpaired) electrons. The van der Waals surface area contributed by atoms with Crippen LogP contribution in [0.15, 0.2) is 18.2 Å². The topological polar surface area (TPSA) is 32.1 Å². The molecule has 1 aliphatic rings. The smallest absolute Gasteiger partial charge is 0.269 e. The molecule has 0 unspecified atom stereocenters. The molecule has 0 aromatic heterocycles. The molecule has 5 heteroatoms. The first-order valence-corrected chi connectivity index (χ1v) is 6.03. The lowest BCUT2D eigenvalue weighted by molar-refractivity contribution is -0.620. The normalized spacial score (nSPS) is 20.7. The van der Waals surface area contributed by atoms with Crippen molar-refractivity contribution in [2.75, 3.05) is 0 Å². The molecule has 1 heterocycles. The van der Waals surface area contributed by atoms with Gasteiger partial charge < -0.3 is 0 Å². The van der Waals surface area contributed by atoms with Crippen LogP contribution in [0.2, 0.25) is 10.0 Å². The summed E-state index contributed by atoms with van der Waals surface area (Å²) in [7, 11) is 0. The van der Waals surface area contributed by atoms with Crippen LogP contribution < -0.4 is 5.43 Å². The molecule has 3 nitrogen and oxygen atoms in total. The minimum atomic E-state index is -0.250. The van der Waals surface area contributed by atoms with E-state index >= 15 is 0 Å². The van der Waals surface area contributed by atoms with Gasteiger partial charge in [0.2, 0.25) is 6.21 Å². The molecule has 0 bridgehead atoms. The van der Waals surface area contributed by atoms with Crippen LogP contribution in [0.25, 0.3) is 0 Å². The predicted octanol–water partition coefficient (Wildman–Crippen LogP) is 2.64. The Labute approximate surface area is 110 Å². The van der Waals surface area contributed by atoms with Gasteiger partial charge in [-0.05, 0) is 18.2 Å². The van der Waals surface area contributed by atoms with E-state index in [1.807, 2.05) is 26.1 Å². The van der Waals surface area contributed by atoms with Gasteiger partial charge in [0.15, 0.2) is 5.54 Å². The van der Waals surface area contributed by atoms with E-state index in [1.165, 1.54) is 0 Å². The zero-order chi connectivity index (χ0) is 12.6. The number of benzene rings is 1. The zero-order valence-corrected chi connectivity index (χ0v) is 11.1. The van der Waals surface area contributed by atoms with Crippen LogP contribution in [-0.2, 0) is 4.79 Å². The third-order valence-corrected chi connectivity index (χ3v) is 3.28. The molecule has 1 aromatic rings. The van der Waals surface area contributed by atoms with Crippen LogP contribution in [0, 0.1) is 0 Å². The van der Waals surface area contributed by atoms with Gasteiger partial charge in [-0.15, -0.1) is 10.1 Å². The number of halogens is 2. The average molecular weight is 272 g/mol. The Morgan fingerprint density at radius 1 is 1.41 bits per heavy atom. The van der Waals surface area contributed by atoms with Crippen molar-refractivity contribution in [3.63, 3.8) is 0 Å². The van der Waals surface area contributed by atoms with E-state index in [9.17, 15) is 4.79 Å². The number of rotatable bonds is 1. The maximum atomic E-state index is 11.4. The summed E-state index contributed by atoms with van der Waals surface area (Å²) in [6, 6.07) is 5.27. The van der Waals surface area contributed by atoms with Crippen molar-refractivity contribution in [3.05, 3.63) is 33.8 Å². The van der Waals surface area contributed by atoms with E-state index in [0.29, 0.717) is 16.5 Å². The summed E-state index contributed by atoms with van der Waals surface area (Å²) >= 11 is 11.9. The molecule has 0 saturated carbocycles. The fourth-order valence-corrected chi connectivity index (χ4v) is 2.21.